The third-order valence-corrected chi connectivity index (χ3v) is 6.21. The Morgan fingerprint density at radius 3 is 2.41 bits per heavy atom. The summed E-state index contributed by atoms with van der Waals surface area (Å²) < 4.78 is 64.9. The van der Waals surface area contributed by atoms with Crippen LogP contribution >= 0.6 is 11.6 Å². The van der Waals surface area contributed by atoms with Crippen LogP contribution in [0.1, 0.15) is 21.5 Å². The third-order valence-electron chi connectivity index (χ3n) is 4.07. The molecule has 10 heteroatoms. The number of sulfonamides is 1. The zero-order valence-electron chi connectivity index (χ0n) is 13.6. The second-order valence-corrected chi connectivity index (χ2v) is 8.03. The van der Waals surface area contributed by atoms with Crippen LogP contribution in [0.5, 0.6) is 0 Å². The van der Waals surface area contributed by atoms with Crippen molar-refractivity contribution in [1.29, 1.82) is 0 Å². The van der Waals surface area contributed by atoms with Gasteiger partial charge in [0.05, 0.1) is 15.5 Å². The zero-order valence-corrected chi connectivity index (χ0v) is 15.2. The van der Waals surface area contributed by atoms with E-state index in [4.69, 9.17) is 11.6 Å². The lowest BCUT2D eigenvalue weighted by molar-refractivity contribution is -0.137. The molecule has 142 valence electrons. The van der Waals surface area contributed by atoms with Crippen molar-refractivity contribution in [2.75, 3.05) is 7.05 Å². The summed E-state index contributed by atoms with van der Waals surface area (Å²) in [6.45, 7) is 0. The Balaban J connectivity index is 2.21. The van der Waals surface area contributed by atoms with E-state index in [1.807, 2.05) is 0 Å². The monoisotopic (exact) mass is 417 g/mol. The van der Waals surface area contributed by atoms with Crippen LogP contribution in [0.2, 0.25) is 5.02 Å². The van der Waals surface area contributed by atoms with Gasteiger partial charge in [-0.1, -0.05) is 23.7 Å². The van der Waals surface area contributed by atoms with Gasteiger partial charge >= 0.3 is 6.18 Å². The molecular formula is C17H11ClF3NO4S. The summed E-state index contributed by atoms with van der Waals surface area (Å²) >= 11 is 5.54. The summed E-state index contributed by atoms with van der Waals surface area (Å²) in [7, 11) is -3.12. The molecule has 0 spiro atoms. The maximum atomic E-state index is 13.0. The van der Waals surface area contributed by atoms with Crippen LogP contribution in [0, 0.1) is 0 Å². The number of nitrogens with zero attached hydrogens (tertiary/aromatic N) is 1. The highest BCUT2D eigenvalue weighted by Gasteiger charge is 2.39. The number of aliphatic hydroxyl groups is 1. The molecule has 0 saturated carbocycles. The molecule has 2 aromatic carbocycles. The fourth-order valence-corrected chi connectivity index (χ4v) is 4.33. The van der Waals surface area contributed by atoms with Gasteiger partial charge in [-0.2, -0.15) is 13.2 Å². The third kappa shape index (κ3) is 3.06. The molecule has 1 aliphatic rings. The lowest BCUT2D eigenvalue weighted by Crippen LogP contribution is -2.35. The van der Waals surface area contributed by atoms with Gasteiger partial charge in [0.1, 0.15) is 5.70 Å². The molecule has 0 radical (unpaired) electrons. The number of alkyl halides is 3. The van der Waals surface area contributed by atoms with E-state index in [0.717, 1.165) is 19.2 Å². The fourth-order valence-electron chi connectivity index (χ4n) is 2.70. The van der Waals surface area contributed by atoms with Crippen LogP contribution in [-0.2, 0) is 16.2 Å². The Kier molecular flexibility index (Phi) is 4.47. The summed E-state index contributed by atoms with van der Waals surface area (Å²) in [6.07, 6.45) is -4.80. The van der Waals surface area contributed by atoms with Crippen LogP contribution in [-0.4, -0.2) is 30.7 Å². The highest BCUT2D eigenvalue weighted by molar-refractivity contribution is 7.89. The topological polar surface area (TPSA) is 74.7 Å². The van der Waals surface area contributed by atoms with Crippen molar-refractivity contribution in [1.82, 2.24) is 4.31 Å². The highest BCUT2D eigenvalue weighted by atomic mass is 35.5. The number of ketones is 1. The van der Waals surface area contributed by atoms with Gasteiger partial charge in [0, 0.05) is 18.2 Å². The van der Waals surface area contributed by atoms with E-state index in [9.17, 15) is 31.5 Å². The Labute approximate surface area is 157 Å². The average molecular weight is 418 g/mol. The smallest absolute Gasteiger partial charge is 0.417 e. The molecule has 27 heavy (non-hydrogen) atoms. The van der Waals surface area contributed by atoms with E-state index in [2.05, 4.69) is 0 Å². The van der Waals surface area contributed by atoms with Gasteiger partial charge in [0.25, 0.3) is 10.0 Å². The predicted molar refractivity (Wildman–Crippen MR) is 91.7 cm³/mol. The Morgan fingerprint density at radius 1 is 1.15 bits per heavy atom. The molecule has 0 aliphatic carbocycles. The molecule has 0 unspecified atom stereocenters. The first-order chi connectivity index (χ1) is 12.5. The molecule has 5 nitrogen and oxygen atoms in total. The van der Waals surface area contributed by atoms with E-state index in [1.165, 1.54) is 24.3 Å². The van der Waals surface area contributed by atoms with Gasteiger partial charge in [-0.15, -0.1) is 0 Å². The maximum absolute atomic E-state index is 13.0. The molecule has 2 aromatic rings. The van der Waals surface area contributed by atoms with Gasteiger partial charge in [-0.25, -0.2) is 8.42 Å². The maximum Gasteiger partial charge on any atom is 0.417 e. The lowest BCUT2D eigenvalue weighted by Gasteiger charge is -2.28. The fraction of sp³-hybridized carbons (Fsp3) is 0.118. The summed E-state index contributed by atoms with van der Waals surface area (Å²) in [6, 6.07) is 7.89. The van der Waals surface area contributed by atoms with E-state index >= 15 is 0 Å². The second kappa shape index (κ2) is 6.28. The van der Waals surface area contributed by atoms with Crippen molar-refractivity contribution in [3.63, 3.8) is 0 Å². The Bertz CT molecular complexity index is 1090. The molecule has 1 heterocycles. The van der Waals surface area contributed by atoms with Crippen LogP contribution in [0.25, 0.3) is 5.76 Å². The number of fused-ring (bicyclic) bond motifs is 1. The first kappa shape index (κ1) is 19.2. The number of benzene rings is 2. The van der Waals surface area contributed by atoms with Crippen molar-refractivity contribution < 1.29 is 31.5 Å². The van der Waals surface area contributed by atoms with Crippen molar-refractivity contribution in [2.45, 2.75) is 11.1 Å². The Hall–Kier alpha value is -2.52. The molecule has 1 aliphatic heterocycles. The van der Waals surface area contributed by atoms with Crippen LogP contribution in [0.3, 0.4) is 0 Å². The summed E-state index contributed by atoms with van der Waals surface area (Å²) in [5.41, 5.74) is -2.46. The molecule has 0 amide bonds. The largest absolute Gasteiger partial charge is 0.505 e. The van der Waals surface area contributed by atoms with Crippen LogP contribution in [0.15, 0.2) is 53.1 Å². The van der Waals surface area contributed by atoms with Crippen molar-refractivity contribution in [3.8, 4) is 0 Å². The number of carbonyl (C=O) groups is 1. The van der Waals surface area contributed by atoms with Crippen molar-refractivity contribution in [2.24, 2.45) is 0 Å². The normalized spacial score (nSPS) is 16.3. The zero-order chi connectivity index (χ0) is 20.1. The van der Waals surface area contributed by atoms with E-state index < -0.39 is 49.6 Å². The average Bonchev–Trinajstić information content (AvgIpc) is 2.60. The van der Waals surface area contributed by atoms with E-state index in [1.54, 1.807) is 0 Å². The number of carbonyl (C=O) groups excluding carboxylic acids is 1. The van der Waals surface area contributed by atoms with Gasteiger partial charge in [0.2, 0.25) is 5.78 Å². The quantitative estimate of drug-likeness (QED) is 0.746. The van der Waals surface area contributed by atoms with E-state index in [0.29, 0.717) is 10.4 Å². The SMILES string of the molecule is CN1C(C(=O)c2ccc(Cl)c(C(F)(F)F)c2)=C(O)c2ccccc2S1(=O)=O. The second-order valence-electron chi connectivity index (χ2n) is 5.69. The molecule has 3 rings (SSSR count). The number of allylic oxidation sites excluding steroid dienone is 1. The summed E-state index contributed by atoms with van der Waals surface area (Å²) in [5.74, 6) is -1.73. The molecule has 1 N–H and O–H groups in total. The van der Waals surface area contributed by atoms with Gasteiger partial charge in [-0.05, 0) is 30.3 Å². The number of likely N-dealkylation sites (N-methyl/N-ethyl adjacent to an activating group) is 1. The minimum absolute atomic E-state index is 0.107. The number of rotatable bonds is 2. The molecule has 0 aromatic heterocycles. The van der Waals surface area contributed by atoms with Gasteiger partial charge < -0.3 is 5.11 Å². The number of halogens is 4. The molecule has 0 atom stereocenters. The van der Waals surface area contributed by atoms with Crippen molar-refractivity contribution >= 4 is 33.2 Å². The predicted octanol–water partition coefficient (Wildman–Crippen LogP) is 4.10. The number of aliphatic hydroxyl groups excluding tert-OH is 1. The minimum Gasteiger partial charge on any atom is -0.505 e. The first-order valence-electron chi connectivity index (χ1n) is 7.39. The standard InChI is InChI=1S/C17H11ClF3NO4S/c1-22-14(16(24)10-4-2-3-5-13(10)27(22,25)26)15(23)9-6-7-12(18)11(8-9)17(19,20)21/h2-8,24H,1H3. The van der Waals surface area contributed by atoms with Gasteiger partial charge in [-0.3, -0.25) is 9.10 Å². The van der Waals surface area contributed by atoms with Crippen LogP contribution in [0.4, 0.5) is 13.2 Å². The van der Waals surface area contributed by atoms with Crippen LogP contribution < -0.4 is 0 Å². The lowest BCUT2D eigenvalue weighted by atomic mass is 10.0. The summed E-state index contributed by atoms with van der Waals surface area (Å²) in [5, 5.41) is 9.84. The molecule has 0 bridgehead atoms. The number of hydrogen-bond donors (Lipinski definition) is 1. The molecule has 0 fully saturated rings. The van der Waals surface area contributed by atoms with Crippen molar-refractivity contribution in [3.05, 3.63) is 69.9 Å². The number of hydrogen-bond acceptors (Lipinski definition) is 4. The molecular weight excluding hydrogens is 407 g/mol. The first-order valence-corrected chi connectivity index (χ1v) is 9.21. The highest BCUT2D eigenvalue weighted by Crippen LogP contribution is 2.38. The minimum atomic E-state index is -4.80. The van der Waals surface area contributed by atoms with E-state index in [-0.39, 0.29) is 10.5 Å². The van der Waals surface area contributed by atoms with Gasteiger partial charge in [0.15, 0.2) is 5.76 Å². The number of Topliss-reactive ketones (excluding diaryl/α,β-unsaturated/α-hetero) is 1. The Morgan fingerprint density at radius 2 is 1.78 bits per heavy atom. The summed E-state index contributed by atoms with van der Waals surface area (Å²) in [4.78, 5) is 12.6. The molecule has 0 saturated heterocycles.